The molecule has 0 aliphatic rings. The molecule has 0 saturated heterocycles. The Kier molecular flexibility index (Phi) is 3.98. The molecular weight excluding hydrogens is 360 g/mol. The van der Waals surface area contributed by atoms with Gasteiger partial charge in [0.05, 0.1) is 11.0 Å². The first kappa shape index (κ1) is 17.5. The molecule has 0 aliphatic carbocycles. The van der Waals surface area contributed by atoms with Gasteiger partial charge in [-0.05, 0) is 32.0 Å². The molecule has 4 aromatic rings. The van der Waals surface area contributed by atoms with Crippen molar-refractivity contribution in [2.24, 2.45) is 0 Å². The molecule has 1 aromatic carbocycles. The van der Waals surface area contributed by atoms with Crippen LogP contribution in [-0.4, -0.2) is 29.8 Å². The van der Waals surface area contributed by atoms with Crippen LogP contribution in [0.3, 0.4) is 0 Å². The third-order valence-electron chi connectivity index (χ3n) is 4.15. The standard InChI is InChI=1S/C19H16N6O3/c1-11-9-15(24-28-11)19(2,27)7-5-12-3-4-13-14(10-12)25(18(26)22-13)16-6-8-21-17(20)23-16/h3-4,6,8-10,27H,1-2H3,(H,22,26)(H2,20,21,23). The van der Waals surface area contributed by atoms with Crippen molar-refractivity contribution in [1.82, 2.24) is 24.7 Å². The van der Waals surface area contributed by atoms with E-state index in [1.165, 1.54) is 17.7 Å². The van der Waals surface area contributed by atoms with E-state index >= 15 is 0 Å². The summed E-state index contributed by atoms with van der Waals surface area (Å²) >= 11 is 0. The van der Waals surface area contributed by atoms with E-state index < -0.39 is 5.60 Å². The van der Waals surface area contributed by atoms with Crippen molar-refractivity contribution in [1.29, 1.82) is 0 Å². The fourth-order valence-corrected chi connectivity index (χ4v) is 2.75. The molecule has 28 heavy (non-hydrogen) atoms. The topological polar surface area (TPSA) is 136 Å². The van der Waals surface area contributed by atoms with Crippen LogP contribution in [0.2, 0.25) is 0 Å². The second kappa shape index (κ2) is 6.37. The number of nitrogens with one attached hydrogen (secondary N) is 1. The maximum absolute atomic E-state index is 12.4. The number of imidazole rings is 1. The van der Waals surface area contributed by atoms with Gasteiger partial charge in [0.25, 0.3) is 0 Å². The summed E-state index contributed by atoms with van der Waals surface area (Å²) in [7, 11) is 0. The number of rotatable bonds is 2. The zero-order valence-corrected chi connectivity index (χ0v) is 15.1. The fourth-order valence-electron chi connectivity index (χ4n) is 2.75. The Bertz CT molecular complexity index is 1300. The lowest BCUT2D eigenvalue weighted by molar-refractivity contribution is 0.112. The SMILES string of the molecule is Cc1cc(C(C)(O)C#Cc2ccc3[nH]c(=O)n(-c4ccnc(N)n4)c3c2)no1. The van der Waals surface area contributed by atoms with Crippen LogP contribution in [0.4, 0.5) is 5.95 Å². The highest BCUT2D eigenvalue weighted by atomic mass is 16.5. The first-order chi connectivity index (χ1) is 13.3. The Balaban J connectivity index is 1.79. The molecule has 0 radical (unpaired) electrons. The number of nitrogen functional groups attached to an aromatic ring is 1. The van der Waals surface area contributed by atoms with E-state index in [1.807, 2.05) is 0 Å². The molecular formula is C19H16N6O3. The number of nitrogens with two attached hydrogens (primary N) is 1. The van der Waals surface area contributed by atoms with Gasteiger partial charge in [-0.15, -0.1) is 0 Å². The van der Waals surface area contributed by atoms with Crippen molar-refractivity contribution in [3.8, 4) is 17.7 Å². The molecule has 4 rings (SSSR count). The van der Waals surface area contributed by atoms with Gasteiger partial charge in [0.1, 0.15) is 17.3 Å². The van der Waals surface area contributed by atoms with Crippen molar-refractivity contribution in [2.45, 2.75) is 19.4 Å². The van der Waals surface area contributed by atoms with E-state index in [0.29, 0.717) is 33.9 Å². The first-order valence-corrected chi connectivity index (χ1v) is 8.36. The van der Waals surface area contributed by atoms with Gasteiger partial charge >= 0.3 is 5.69 Å². The highest BCUT2D eigenvalue weighted by Crippen LogP contribution is 2.20. The average Bonchev–Trinajstić information content (AvgIpc) is 3.22. The van der Waals surface area contributed by atoms with Gasteiger partial charge < -0.3 is 20.3 Å². The van der Waals surface area contributed by atoms with Crippen LogP contribution in [0.25, 0.3) is 16.9 Å². The molecule has 0 bridgehead atoms. The van der Waals surface area contributed by atoms with E-state index in [4.69, 9.17) is 10.3 Å². The maximum atomic E-state index is 12.4. The van der Waals surface area contributed by atoms with Gasteiger partial charge in [-0.25, -0.2) is 14.3 Å². The third kappa shape index (κ3) is 3.13. The number of benzene rings is 1. The predicted molar refractivity (Wildman–Crippen MR) is 102 cm³/mol. The number of aryl methyl sites for hydroxylation is 1. The van der Waals surface area contributed by atoms with Crippen molar-refractivity contribution in [3.63, 3.8) is 0 Å². The zero-order valence-electron chi connectivity index (χ0n) is 15.1. The zero-order chi connectivity index (χ0) is 19.9. The highest BCUT2D eigenvalue weighted by molar-refractivity contribution is 5.78. The van der Waals surface area contributed by atoms with Crippen molar-refractivity contribution < 1.29 is 9.63 Å². The number of anilines is 1. The van der Waals surface area contributed by atoms with Gasteiger partial charge in [-0.2, -0.15) is 4.98 Å². The molecule has 0 aliphatic heterocycles. The molecule has 3 heterocycles. The minimum Gasteiger partial charge on any atom is -0.372 e. The van der Waals surface area contributed by atoms with Gasteiger partial charge in [0.2, 0.25) is 5.95 Å². The van der Waals surface area contributed by atoms with Gasteiger partial charge in [0.15, 0.2) is 5.60 Å². The second-order valence-corrected chi connectivity index (χ2v) is 6.42. The fraction of sp³-hybridized carbons (Fsp3) is 0.158. The summed E-state index contributed by atoms with van der Waals surface area (Å²) in [6.45, 7) is 3.27. The van der Waals surface area contributed by atoms with Crippen LogP contribution in [0.15, 0.2) is 45.8 Å². The highest BCUT2D eigenvalue weighted by Gasteiger charge is 2.24. The summed E-state index contributed by atoms with van der Waals surface area (Å²) in [6.07, 6.45) is 1.48. The van der Waals surface area contributed by atoms with E-state index in [2.05, 4.69) is 31.9 Å². The number of nitrogens with zero attached hydrogens (tertiary/aromatic N) is 4. The summed E-state index contributed by atoms with van der Waals surface area (Å²) in [5, 5.41) is 14.4. The molecule has 140 valence electrons. The normalized spacial score (nSPS) is 13.1. The molecule has 0 amide bonds. The van der Waals surface area contributed by atoms with Crippen molar-refractivity contribution in [3.05, 3.63) is 64.0 Å². The summed E-state index contributed by atoms with van der Waals surface area (Å²) in [6, 6.07) is 8.41. The van der Waals surface area contributed by atoms with Crippen molar-refractivity contribution >= 4 is 17.0 Å². The third-order valence-corrected chi connectivity index (χ3v) is 4.15. The number of fused-ring (bicyclic) bond motifs is 1. The number of aromatic amines is 1. The van der Waals surface area contributed by atoms with E-state index in [9.17, 15) is 9.90 Å². The smallest absolute Gasteiger partial charge is 0.332 e. The molecule has 9 heteroatoms. The number of hydrogen-bond acceptors (Lipinski definition) is 7. The van der Waals surface area contributed by atoms with Gasteiger partial charge in [-0.1, -0.05) is 17.0 Å². The van der Waals surface area contributed by atoms with Gasteiger partial charge in [-0.3, -0.25) is 0 Å². The van der Waals surface area contributed by atoms with Gasteiger partial charge in [0, 0.05) is 23.9 Å². The average molecular weight is 376 g/mol. The summed E-state index contributed by atoms with van der Waals surface area (Å²) in [4.78, 5) is 23.1. The van der Waals surface area contributed by atoms with E-state index in [-0.39, 0.29) is 11.6 Å². The number of aromatic nitrogens is 5. The Hall–Kier alpha value is -3.90. The second-order valence-electron chi connectivity index (χ2n) is 6.42. The minimum absolute atomic E-state index is 0.0636. The molecule has 3 aromatic heterocycles. The first-order valence-electron chi connectivity index (χ1n) is 8.36. The molecule has 1 unspecified atom stereocenters. The summed E-state index contributed by atoms with van der Waals surface area (Å²) in [5.74, 6) is 6.69. The quantitative estimate of drug-likeness (QED) is 0.448. The summed E-state index contributed by atoms with van der Waals surface area (Å²) in [5.41, 5.74) is 5.91. The number of hydrogen-bond donors (Lipinski definition) is 3. The molecule has 0 saturated carbocycles. The maximum Gasteiger partial charge on any atom is 0.332 e. The minimum atomic E-state index is -1.48. The van der Waals surface area contributed by atoms with Crippen LogP contribution in [0, 0.1) is 18.8 Å². The Morgan fingerprint density at radius 3 is 2.86 bits per heavy atom. The Morgan fingerprint density at radius 2 is 2.14 bits per heavy atom. The van der Waals surface area contributed by atoms with Crippen LogP contribution in [0.1, 0.15) is 23.9 Å². The number of H-pyrrole nitrogens is 1. The van der Waals surface area contributed by atoms with E-state index in [0.717, 1.165) is 0 Å². The molecule has 9 nitrogen and oxygen atoms in total. The van der Waals surface area contributed by atoms with E-state index in [1.54, 1.807) is 37.3 Å². The lowest BCUT2D eigenvalue weighted by Gasteiger charge is -2.11. The molecule has 0 spiro atoms. The largest absolute Gasteiger partial charge is 0.372 e. The number of aliphatic hydroxyl groups is 1. The molecule has 1 atom stereocenters. The summed E-state index contributed by atoms with van der Waals surface area (Å²) < 4.78 is 6.38. The van der Waals surface area contributed by atoms with Crippen LogP contribution in [0.5, 0.6) is 0 Å². The van der Waals surface area contributed by atoms with Crippen LogP contribution in [-0.2, 0) is 5.60 Å². The van der Waals surface area contributed by atoms with Crippen molar-refractivity contribution in [2.75, 3.05) is 5.73 Å². The van der Waals surface area contributed by atoms with Crippen LogP contribution < -0.4 is 11.4 Å². The lowest BCUT2D eigenvalue weighted by atomic mass is 10.0. The Morgan fingerprint density at radius 1 is 1.32 bits per heavy atom. The molecule has 4 N–H and O–H groups in total. The van der Waals surface area contributed by atoms with Crippen LogP contribution >= 0.6 is 0 Å². The lowest BCUT2D eigenvalue weighted by Crippen LogP contribution is -2.18. The monoisotopic (exact) mass is 376 g/mol. The Labute approximate surface area is 158 Å². The predicted octanol–water partition coefficient (Wildman–Crippen LogP) is 1.25. The molecule has 0 fully saturated rings.